The number of nitrogens with one attached hydrogen (secondary N) is 1. The maximum absolute atomic E-state index is 12.3. The molecule has 0 aliphatic carbocycles. The van der Waals surface area contributed by atoms with Gasteiger partial charge in [-0.15, -0.1) is 0 Å². The fourth-order valence-corrected chi connectivity index (χ4v) is 1.86. The van der Waals surface area contributed by atoms with E-state index in [-0.39, 0.29) is 5.56 Å². The van der Waals surface area contributed by atoms with E-state index in [4.69, 9.17) is 0 Å². The normalized spacial score (nSPS) is 11.3. The van der Waals surface area contributed by atoms with Gasteiger partial charge in [-0.25, -0.2) is 4.98 Å². The molecule has 0 aliphatic heterocycles. The van der Waals surface area contributed by atoms with Crippen LogP contribution in [0.3, 0.4) is 0 Å². The lowest BCUT2D eigenvalue weighted by Crippen LogP contribution is -2.37. The van der Waals surface area contributed by atoms with Gasteiger partial charge in [0.05, 0.1) is 0 Å². The summed E-state index contributed by atoms with van der Waals surface area (Å²) in [4.78, 5) is 18.4. The molecule has 1 N–H and O–H groups in total. The smallest absolute Gasteiger partial charge is 0.293 e. The number of anilines is 1. The monoisotopic (exact) mass is 266 g/mol. The van der Waals surface area contributed by atoms with Crippen LogP contribution >= 0.6 is 0 Å². The van der Waals surface area contributed by atoms with Gasteiger partial charge in [0.15, 0.2) is 5.82 Å². The minimum absolute atomic E-state index is 0.0109. The lowest BCUT2D eigenvalue weighted by Gasteiger charge is -2.19. The van der Waals surface area contributed by atoms with Crippen LogP contribution in [0.1, 0.15) is 27.7 Å². The van der Waals surface area contributed by atoms with Crippen LogP contribution in [0, 0.1) is 5.92 Å². The zero-order chi connectivity index (χ0) is 14.4. The highest BCUT2D eigenvalue weighted by molar-refractivity contribution is 5.34. The van der Waals surface area contributed by atoms with Crippen LogP contribution in [0.2, 0.25) is 0 Å². The standard InChI is InChI=1S/C14H26N4O/c1-11(2)10-18-9-7-16-13(14(18)19)17(5)8-6-15-12(3)4/h7,9,11-12,15H,6,8,10H2,1-5H3. The van der Waals surface area contributed by atoms with Crippen LogP contribution in [0.25, 0.3) is 0 Å². The molecule has 1 heterocycles. The minimum atomic E-state index is -0.0109. The third-order valence-electron chi connectivity index (χ3n) is 2.82. The maximum atomic E-state index is 12.3. The molecule has 0 atom stereocenters. The molecule has 1 aromatic rings. The van der Waals surface area contributed by atoms with Gasteiger partial charge < -0.3 is 14.8 Å². The molecular formula is C14H26N4O. The highest BCUT2D eigenvalue weighted by Crippen LogP contribution is 2.02. The van der Waals surface area contributed by atoms with Gasteiger partial charge in [-0.05, 0) is 5.92 Å². The molecule has 0 radical (unpaired) electrons. The van der Waals surface area contributed by atoms with Gasteiger partial charge in [-0.3, -0.25) is 4.79 Å². The van der Waals surface area contributed by atoms with Crippen molar-refractivity contribution in [3.8, 4) is 0 Å². The SMILES string of the molecule is CC(C)Cn1ccnc(N(C)CCNC(C)C)c1=O. The highest BCUT2D eigenvalue weighted by atomic mass is 16.1. The van der Waals surface area contributed by atoms with E-state index >= 15 is 0 Å². The van der Waals surface area contributed by atoms with Gasteiger partial charge in [-0.1, -0.05) is 27.7 Å². The number of nitrogens with zero attached hydrogens (tertiary/aromatic N) is 3. The molecule has 0 saturated heterocycles. The molecule has 5 heteroatoms. The molecule has 5 nitrogen and oxygen atoms in total. The van der Waals surface area contributed by atoms with Gasteiger partial charge >= 0.3 is 0 Å². The van der Waals surface area contributed by atoms with E-state index in [2.05, 4.69) is 38.0 Å². The fraction of sp³-hybridized carbons (Fsp3) is 0.714. The summed E-state index contributed by atoms with van der Waals surface area (Å²) in [6.45, 7) is 10.8. The number of hydrogen-bond donors (Lipinski definition) is 1. The molecule has 19 heavy (non-hydrogen) atoms. The van der Waals surface area contributed by atoms with E-state index in [1.54, 1.807) is 17.0 Å². The summed E-state index contributed by atoms with van der Waals surface area (Å²) in [6.07, 6.45) is 3.46. The van der Waals surface area contributed by atoms with Crippen LogP contribution in [0.4, 0.5) is 5.82 Å². The topological polar surface area (TPSA) is 50.2 Å². The summed E-state index contributed by atoms with van der Waals surface area (Å²) in [5.41, 5.74) is -0.0109. The van der Waals surface area contributed by atoms with Gasteiger partial charge in [0.2, 0.25) is 0 Å². The molecule has 0 saturated carbocycles. The molecule has 0 aliphatic rings. The summed E-state index contributed by atoms with van der Waals surface area (Å²) >= 11 is 0. The highest BCUT2D eigenvalue weighted by Gasteiger charge is 2.10. The Morgan fingerprint density at radius 1 is 1.37 bits per heavy atom. The minimum Gasteiger partial charge on any atom is -0.354 e. The predicted octanol–water partition coefficient (Wildman–Crippen LogP) is 1.33. The second kappa shape index (κ2) is 7.28. The lowest BCUT2D eigenvalue weighted by atomic mass is 10.2. The Balaban J connectivity index is 2.74. The summed E-state index contributed by atoms with van der Waals surface area (Å²) in [5, 5.41) is 3.33. The number of aromatic nitrogens is 2. The van der Waals surface area contributed by atoms with Crippen molar-refractivity contribution in [2.24, 2.45) is 5.92 Å². The molecule has 1 aromatic heterocycles. The van der Waals surface area contributed by atoms with Gasteiger partial charge in [0.1, 0.15) is 0 Å². The molecule has 0 bridgehead atoms. The predicted molar refractivity (Wildman–Crippen MR) is 79.7 cm³/mol. The van der Waals surface area contributed by atoms with Crippen molar-refractivity contribution in [1.29, 1.82) is 0 Å². The van der Waals surface area contributed by atoms with E-state index in [0.29, 0.717) is 17.8 Å². The van der Waals surface area contributed by atoms with Crippen LogP contribution in [-0.2, 0) is 6.54 Å². The van der Waals surface area contributed by atoms with E-state index in [1.807, 2.05) is 11.9 Å². The molecule has 0 aromatic carbocycles. The average Bonchev–Trinajstić information content (AvgIpc) is 2.30. The fourth-order valence-electron chi connectivity index (χ4n) is 1.86. The first-order valence-electron chi connectivity index (χ1n) is 6.91. The summed E-state index contributed by atoms with van der Waals surface area (Å²) < 4.78 is 1.74. The lowest BCUT2D eigenvalue weighted by molar-refractivity contribution is 0.508. The maximum Gasteiger partial charge on any atom is 0.293 e. The zero-order valence-corrected chi connectivity index (χ0v) is 12.7. The molecular weight excluding hydrogens is 240 g/mol. The zero-order valence-electron chi connectivity index (χ0n) is 12.7. The Morgan fingerprint density at radius 3 is 2.63 bits per heavy atom. The second-order valence-electron chi connectivity index (χ2n) is 5.63. The van der Waals surface area contributed by atoms with Crippen LogP contribution < -0.4 is 15.8 Å². The number of hydrogen-bond acceptors (Lipinski definition) is 4. The molecule has 108 valence electrons. The Labute approximate surface area is 115 Å². The molecule has 0 spiro atoms. The number of likely N-dealkylation sites (N-methyl/N-ethyl adjacent to an activating group) is 1. The van der Waals surface area contributed by atoms with Crippen molar-refractivity contribution in [1.82, 2.24) is 14.9 Å². The van der Waals surface area contributed by atoms with Crippen molar-refractivity contribution >= 4 is 5.82 Å². The average molecular weight is 266 g/mol. The molecule has 0 fully saturated rings. The third kappa shape index (κ3) is 5.03. The summed E-state index contributed by atoms with van der Waals surface area (Å²) in [5.74, 6) is 0.967. The summed E-state index contributed by atoms with van der Waals surface area (Å²) in [6, 6.07) is 0.453. The largest absolute Gasteiger partial charge is 0.354 e. The van der Waals surface area contributed by atoms with Crippen LogP contribution in [0.5, 0.6) is 0 Å². The Morgan fingerprint density at radius 2 is 2.05 bits per heavy atom. The van der Waals surface area contributed by atoms with Crippen molar-refractivity contribution in [2.75, 3.05) is 25.0 Å². The molecule has 0 unspecified atom stereocenters. The number of rotatable bonds is 7. The van der Waals surface area contributed by atoms with Gasteiger partial charge in [-0.2, -0.15) is 0 Å². The third-order valence-corrected chi connectivity index (χ3v) is 2.82. The van der Waals surface area contributed by atoms with E-state index in [9.17, 15) is 4.79 Å². The van der Waals surface area contributed by atoms with Crippen molar-refractivity contribution in [3.63, 3.8) is 0 Å². The van der Waals surface area contributed by atoms with E-state index in [0.717, 1.165) is 19.6 Å². The van der Waals surface area contributed by atoms with Crippen molar-refractivity contribution in [2.45, 2.75) is 40.3 Å². The Hall–Kier alpha value is -1.36. The first-order valence-corrected chi connectivity index (χ1v) is 6.91. The summed E-state index contributed by atoms with van der Waals surface area (Å²) in [7, 11) is 1.91. The Bertz CT molecular complexity index is 439. The van der Waals surface area contributed by atoms with E-state index in [1.165, 1.54) is 0 Å². The first-order chi connectivity index (χ1) is 8.91. The van der Waals surface area contributed by atoms with Crippen LogP contribution in [-0.4, -0.2) is 35.7 Å². The quantitative estimate of drug-likeness (QED) is 0.809. The van der Waals surface area contributed by atoms with Crippen molar-refractivity contribution in [3.05, 3.63) is 22.7 Å². The first kappa shape index (κ1) is 15.7. The van der Waals surface area contributed by atoms with E-state index < -0.39 is 0 Å². The molecule has 0 amide bonds. The Kier molecular flexibility index (Phi) is 6.02. The molecule has 1 rings (SSSR count). The van der Waals surface area contributed by atoms with Gasteiger partial charge in [0.25, 0.3) is 5.56 Å². The van der Waals surface area contributed by atoms with Crippen LogP contribution in [0.15, 0.2) is 17.2 Å². The second-order valence-corrected chi connectivity index (χ2v) is 5.63. The van der Waals surface area contributed by atoms with Crippen molar-refractivity contribution < 1.29 is 0 Å². The van der Waals surface area contributed by atoms with Gasteiger partial charge in [0, 0.05) is 45.1 Å².